The van der Waals surface area contributed by atoms with Gasteiger partial charge in [-0.25, -0.2) is 0 Å². The highest BCUT2D eigenvalue weighted by atomic mass is 32.2. The Morgan fingerprint density at radius 2 is 0.958 bits per heavy atom. The van der Waals surface area contributed by atoms with Crippen molar-refractivity contribution in [3.05, 3.63) is 176 Å². The molecule has 2 heteroatoms. The zero-order chi connectivity index (χ0) is 31.6. The summed E-state index contributed by atoms with van der Waals surface area (Å²) in [4.78, 5) is 2.63. The van der Waals surface area contributed by atoms with Crippen molar-refractivity contribution in [3.63, 3.8) is 0 Å². The molecule has 1 aliphatic heterocycles. The Morgan fingerprint density at radius 3 is 1.81 bits per heavy atom. The molecular weight excluding hydrogens is 599 g/mol. The van der Waals surface area contributed by atoms with Gasteiger partial charge in [0.2, 0.25) is 0 Å². The van der Waals surface area contributed by atoms with E-state index in [1.807, 2.05) is 11.8 Å². The second kappa shape index (κ2) is 10.9. The molecule has 48 heavy (non-hydrogen) atoms. The maximum absolute atomic E-state index is 2.39. The molecule has 0 saturated carbocycles. The largest absolute Gasteiger partial charge is 0.309 e. The quantitative estimate of drug-likeness (QED) is 0.188. The van der Waals surface area contributed by atoms with E-state index in [0.717, 1.165) is 0 Å². The van der Waals surface area contributed by atoms with Crippen molar-refractivity contribution >= 4 is 44.3 Å². The molecule has 0 bridgehead atoms. The van der Waals surface area contributed by atoms with E-state index in [9.17, 15) is 0 Å². The first-order valence-corrected chi connectivity index (χ1v) is 17.2. The van der Waals surface area contributed by atoms with Crippen LogP contribution in [0.4, 0.5) is 0 Å². The molecule has 8 aromatic carbocycles. The third-order valence-corrected chi connectivity index (χ3v) is 10.9. The van der Waals surface area contributed by atoms with Crippen LogP contribution in [0.15, 0.2) is 186 Å². The zero-order valence-electron chi connectivity index (χ0n) is 26.1. The highest BCUT2D eigenvalue weighted by Gasteiger charge is 2.21. The van der Waals surface area contributed by atoms with Crippen molar-refractivity contribution in [2.45, 2.75) is 9.79 Å². The van der Waals surface area contributed by atoms with E-state index in [1.165, 1.54) is 92.6 Å². The Labute approximate surface area is 283 Å². The molecule has 1 aliphatic rings. The summed E-state index contributed by atoms with van der Waals surface area (Å²) in [5, 5.41) is 5.21. The van der Waals surface area contributed by atoms with Gasteiger partial charge in [-0.15, -0.1) is 0 Å². The zero-order valence-corrected chi connectivity index (χ0v) is 26.9. The summed E-state index contributed by atoms with van der Waals surface area (Å²) in [6.07, 6.45) is 0. The summed E-state index contributed by atoms with van der Waals surface area (Å²) in [6.45, 7) is 0. The van der Waals surface area contributed by atoms with Gasteiger partial charge in [0.15, 0.2) is 0 Å². The first kappa shape index (κ1) is 27.3. The summed E-state index contributed by atoms with van der Waals surface area (Å²) in [6, 6.07) is 64.4. The van der Waals surface area contributed by atoms with Crippen LogP contribution < -0.4 is 0 Å². The minimum absolute atomic E-state index is 1.18. The highest BCUT2D eigenvalue weighted by molar-refractivity contribution is 7.99. The molecule has 0 radical (unpaired) electrons. The summed E-state index contributed by atoms with van der Waals surface area (Å²) in [5.41, 5.74) is 13.7. The monoisotopic (exact) mass is 627 g/mol. The molecule has 0 amide bonds. The van der Waals surface area contributed by atoms with Crippen molar-refractivity contribution < 1.29 is 0 Å². The third kappa shape index (κ3) is 4.27. The fourth-order valence-electron chi connectivity index (χ4n) is 7.56. The number of aromatic nitrogens is 1. The molecule has 1 nitrogen and oxygen atoms in total. The second-order valence-electron chi connectivity index (χ2n) is 12.5. The van der Waals surface area contributed by atoms with E-state index in [2.05, 4.69) is 180 Å². The number of fused-ring (bicyclic) bond motifs is 5. The van der Waals surface area contributed by atoms with Crippen molar-refractivity contribution in [1.29, 1.82) is 0 Å². The van der Waals surface area contributed by atoms with Crippen LogP contribution in [-0.4, -0.2) is 4.57 Å². The molecule has 224 valence electrons. The minimum atomic E-state index is 1.18. The van der Waals surface area contributed by atoms with E-state index in [0.29, 0.717) is 0 Å². The van der Waals surface area contributed by atoms with Gasteiger partial charge in [0.05, 0.1) is 11.0 Å². The molecule has 9 aromatic rings. The molecule has 2 heterocycles. The summed E-state index contributed by atoms with van der Waals surface area (Å²) < 4.78 is 2.39. The third-order valence-electron chi connectivity index (χ3n) is 9.79. The molecule has 0 fully saturated rings. The first-order chi connectivity index (χ1) is 23.8. The molecule has 0 spiro atoms. The molecule has 0 unspecified atom stereocenters. The maximum atomic E-state index is 2.39. The molecule has 1 aromatic heterocycles. The van der Waals surface area contributed by atoms with Crippen LogP contribution in [-0.2, 0) is 0 Å². The summed E-state index contributed by atoms with van der Waals surface area (Å²) in [7, 11) is 0. The number of rotatable bonds is 4. The summed E-state index contributed by atoms with van der Waals surface area (Å²) in [5.74, 6) is 0. The topological polar surface area (TPSA) is 4.93 Å². The van der Waals surface area contributed by atoms with Gasteiger partial charge in [-0.2, -0.15) is 0 Å². The van der Waals surface area contributed by atoms with Crippen molar-refractivity contribution in [2.75, 3.05) is 0 Å². The van der Waals surface area contributed by atoms with E-state index in [-0.39, 0.29) is 0 Å². The Bertz CT molecular complexity index is 2690. The predicted molar refractivity (Wildman–Crippen MR) is 204 cm³/mol. The Kier molecular flexibility index (Phi) is 6.18. The number of hydrogen-bond donors (Lipinski definition) is 0. The van der Waals surface area contributed by atoms with Gasteiger partial charge in [0.25, 0.3) is 0 Å². The van der Waals surface area contributed by atoms with E-state index < -0.39 is 0 Å². The lowest BCUT2D eigenvalue weighted by atomic mass is 9.91. The lowest BCUT2D eigenvalue weighted by Crippen LogP contribution is -1.95. The molecule has 10 rings (SSSR count). The van der Waals surface area contributed by atoms with Gasteiger partial charge in [0.1, 0.15) is 0 Å². The fraction of sp³-hybridized carbons (Fsp3) is 0. The maximum Gasteiger partial charge on any atom is 0.0547 e. The van der Waals surface area contributed by atoms with Gasteiger partial charge in [-0.3, -0.25) is 0 Å². The summed E-state index contributed by atoms with van der Waals surface area (Å²) >= 11 is 1.88. The van der Waals surface area contributed by atoms with Crippen LogP contribution >= 0.6 is 11.8 Å². The van der Waals surface area contributed by atoms with Gasteiger partial charge in [-0.1, -0.05) is 139 Å². The molecule has 0 saturated heterocycles. The number of benzene rings is 8. The number of para-hydroxylation sites is 2. The van der Waals surface area contributed by atoms with Crippen LogP contribution in [0.5, 0.6) is 0 Å². The SMILES string of the molecule is c1ccc(-c2ccc3c4c(cccc24)-c2cc(-c4cccc(-c5ccc6c7ccccc7n(-c7ccccc7)c6c5)c4)ccc2S3)cc1. The van der Waals surface area contributed by atoms with Crippen LogP contribution in [0.1, 0.15) is 0 Å². The Morgan fingerprint density at radius 1 is 0.333 bits per heavy atom. The number of nitrogens with zero attached hydrogens (tertiary/aromatic N) is 1. The molecule has 0 N–H and O–H groups in total. The average molecular weight is 628 g/mol. The predicted octanol–water partition coefficient (Wildman–Crippen LogP) is 13.1. The Hall–Kier alpha value is -5.83. The fourth-order valence-corrected chi connectivity index (χ4v) is 8.67. The van der Waals surface area contributed by atoms with Gasteiger partial charge in [0, 0.05) is 31.6 Å². The van der Waals surface area contributed by atoms with Crippen LogP contribution in [0.2, 0.25) is 0 Å². The van der Waals surface area contributed by atoms with Crippen molar-refractivity contribution in [3.8, 4) is 50.2 Å². The lowest BCUT2D eigenvalue weighted by Gasteiger charge is -2.22. The van der Waals surface area contributed by atoms with Crippen molar-refractivity contribution in [1.82, 2.24) is 4.57 Å². The molecule has 0 atom stereocenters. The average Bonchev–Trinajstić information content (AvgIpc) is 3.49. The van der Waals surface area contributed by atoms with Gasteiger partial charge >= 0.3 is 0 Å². The lowest BCUT2D eigenvalue weighted by molar-refractivity contribution is 1.18. The van der Waals surface area contributed by atoms with Crippen LogP contribution in [0.25, 0.3) is 82.8 Å². The molecule has 0 aliphatic carbocycles. The normalized spacial score (nSPS) is 12.1. The van der Waals surface area contributed by atoms with Crippen LogP contribution in [0.3, 0.4) is 0 Å². The van der Waals surface area contributed by atoms with E-state index in [4.69, 9.17) is 0 Å². The van der Waals surface area contributed by atoms with Gasteiger partial charge < -0.3 is 4.57 Å². The smallest absolute Gasteiger partial charge is 0.0547 e. The standard InChI is InChI=1S/C46H29NS/c1-3-11-30(12-4-1)36-24-26-45-46-39(36)18-10-19-40(46)41-28-33(22-25-44(41)48-45)31-13-9-14-32(27-31)34-21-23-38-37-17-7-8-20-42(37)47(43(38)29-34)35-15-5-2-6-16-35/h1-29H. The second-order valence-corrected chi connectivity index (χ2v) is 13.6. The highest BCUT2D eigenvalue weighted by Crippen LogP contribution is 2.50. The minimum Gasteiger partial charge on any atom is -0.309 e. The first-order valence-electron chi connectivity index (χ1n) is 16.4. The van der Waals surface area contributed by atoms with Crippen molar-refractivity contribution in [2.24, 2.45) is 0 Å². The van der Waals surface area contributed by atoms with Gasteiger partial charge in [-0.05, 0) is 98.4 Å². The number of hydrogen-bond acceptors (Lipinski definition) is 1. The molecular formula is C46H29NS. The van der Waals surface area contributed by atoms with Crippen LogP contribution in [0, 0.1) is 0 Å². The van der Waals surface area contributed by atoms with E-state index >= 15 is 0 Å². The Balaban J connectivity index is 1.09. The van der Waals surface area contributed by atoms with E-state index in [1.54, 1.807) is 0 Å².